The van der Waals surface area contributed by atoms with Crippen LogP contribution in [0.15, 0.2) is 41.2 Å². The number of alkyl halides is 3. The number of methoxy groups -OCH3 is 1. The third kappa shape index (κ3) is 5.50. The van der Waals surface area contributed by atoms with Crippen molar-refractivity contribution in [3.05, 3.63) is 63.4 Å². The van der Waals surface area contributed by atoms with Crippen molar-refractivity contribution in [2.75, 3.05) is 51.4 Å². The SMILES string of the molecule is COc1cc2nc(N(CCN3CCOCC3)C(=O)c3ccc(C(F)(F)F)cc3)[nH]c(=O)c2cc1CO. The number of aromatic amines is 1. The summed E-state index contributed by atoms with van der Waals surface area (Å²) in [7, 11) is 1.41. The van der Waals surface area contributed by atoms with Crippen molar-refractivity contribution in [2.45, 2.75) is 12.8 Å². The van der Waals surface area contributed by atoms with Crippen molar-refractivity contribution in [1.82, 2.24) is 14.9 Å². The predicted molar refractivity (Wildman–Crippen MR) is 125 cm³/mol. The molecule has 1 saturated heterocycles. The van der Waals surface area contributed by atoms with Crippen molar-refractivity contribution in [3.63, 3.8) is 0 Å². The van der Waals surface area contributed by atoms with Gasteiger partial charge in [-0.1, -0.05) is 0 Å². The topological polar surface area (TPSA) is 108 Å². The second-order valence-electron chi connectivity index (χ2n) is 8.21. The van der Waals surface area contributed by atoms with E-state index in [0.29, 0.717) is 44.2 Å². The number of anilines is 1. The van der Waals surface area contributed by atoms with Crippen molar-refractivity contribution in [2.24, 2.45) is 0 Å². The highest BCUT2D eigenvalue weighted by molar-refractivity contribution is 6.05. The first kappa shape index (κ1) is 25.6. The summed E-state index contributed by atoms with van der Waals surface area (Å²) in [5.41, 5.74) is -0.762. The molecule has 1 fully saturated rings. The van der Waals surface area contributed by atoms with Crippen LogP contribution in [0.25, 0.3) is 10.9 Å². The number of hydrogen-bond donors (Lipinski definition) is 2. The molecule has 0 radical (unpaired) electrons. The van der Waals surface area contributed by atoms with Crippen LogP contribution in [0.5, 0.6) is 5.75 Å². The summed E-state index contributed by atoms with van der Waals surface area (Å²) in [5, 5.41) is 9.75. The highest BCUT2D eigenvalue weighted by atomic mass is 19.4. The van der Waals surface area contributed by atoms with Gasteiger partial charge in [-0.15, -0.1) is 0 Å². The number of morpholine rings is 1. The lowest BCUT2D eigenvalue weighted by Gasteiger charge is -2.29. The van der Waals surface area contributed by atoms with E-state index >= 15 is 0 Å². The number of benzene rings is 2. The van der Waals surface area contributed by atoms with Crippen LogP contribution in [-0.4, -0.2) is 72.4 Å². The normalized spacial score (nSPS) is 14.7. The molecule has 2 aromatic carbocycles. The molecule has 2 heterocycles. The van der Waals surface area contributed by atoms with Crippen LogP contribution in [0.4, 0.5) is 19.1 Å². The number of H-pyrrole nitrogens is 1. The number of ether oxygens (including phenoxy) is 2. The Labute approximate surface area is 204 Å². The Morgan fingerprint density at radius 2 is 1.92 bits per heavy atom. The zero-order valence-corrected chi connectivity index (χ0v) is 19.5. The fourth-order valence-corrected chi connectivity index (χ4v) is 3.97. The number of fused-ring (bicyclic) bond motifs is 1. The molecule has 1 amide bonds. The van der Waals surface area contributed by atoms with Gasteiger partial charge in [-0.2, -0.15) is 13.2 Å². The molecule has 0 atom stereocenters. The largest absolute Gasteiger partial charge is 0.496 e. The van der Waals surface area contributed by atoms with Crippen molar-refractivity contribution >= 4 is 22.8 Å². The Morgan fingerprint density at radius 1 is 1.22 bits per heavy atom. The maximum Gasteiger partial charge on any atom is 0.416 e. The Kier molecular flexibility index (Phi) is 7.57. The number of nitrogens with one attached hydrogen (secondary N) is 1. The third-order valence-electron chi connectivity index (χ3n) is 5.97. The number of halogens is 3. The minimum atomic E-state index is -4.53. The van der Waals surface area contributed by atoms with Gasteiger partial charge in [0.15, 0.2) is 0 Å². The molecule has 0 bridgehead atoms. The van der Waals surface area contributed by atoms with E-state index in [1.807, 2.05) is 0 Å². The molecule has 192 valence electrons. The highest BCUT2D eigenvalue weighted by Gasteiger charge is 2.31. The average molecular weight is 506 g/mol. The summed E-state index contributed by atoms with van der Waals surface area (Å²) in [5.74, 6) is -0.342. The number of rotatable bonds is 7. The van der Waals surface area contributed by atoms with Crippen LogP contribution in [-0.2, 0) is 17.5 Å². The summed E-state index contributed by atoms with van der Waals surface area (Å²) in [6.45, 7) is 2.62. The first-order valence-corrected chi connectivity index (χ1v) is 11.2. The van der Waals surface area contributed by atoms with E-state index < -0.39 is 23.2 Å². The van der Waals surface area contributed by atoms with E-state index in [4.69, 9.17) is 9.47 Å². The molecule has 0 saturated carbocycles. The van der Waals surface area contributed by atoms with Gasteiger partial charge in [0.1, 0.15) is 5.75 Å². The number of nitrogens with zero attached hydrogens (tertiary/aromatic N) is 3. The molecule has 0 unspecified atom stereocenters. The van der Waals surface area contributed by atoms with E-state index in [9.17, 15) is 27.9 Å². The van der Waals surface area contributed by atoms with Gasteiger partial charge in [0.05, 0.1) is 43.4 Å². The second kappa shape index (κ2) is 10.6. The maximum atomic E-state index is 13.4. The zero-order valence-electron chi connectivity index (χ0n) is 19.5. The Morgan fingerprint density at radius 3 is 2.53 bits per heavy atom. The highest BCUT2D eigenvalue weighted by Crippen LogP contribution is 2.29. The maximum absolute atomic E-state index is 13.4. The molecule has 3 aromatic rings. The average Bonchev–Trinajstić information content (AvgIpc) is 2.88. The van der Waals surface area contributed by atoms with Crippen molar-refractivity contribution in [3.8, 4) is 5.75 Å². The van der Waals surface area contributed by atoms with E-state index in [1.54, 1.807) is 0 Å². The fraction of sp³-hybridized carbons (Fsp3) is 0.375. The lowest BCUT2D eigenvalue weighted by Crippen LogP contribution is -2.44. The van der Waals surface area contributed by atoms with Crippen molar-refractivity contribution in [1.29, 1.82) is 0 Å². The first-order chi connectivity index (χ1) is 17.2. The van der Waals surface area contributed by atoms with Gasteiger partial charge >= 0.3 is 6.18 Å². The Bertz CT molecular complexity index is 1290. The number of aliphatic hydroxyl groups is 1. The third-order valence-corrected chi connectivity index (χ3v) is 5.97. The number of amides is 1. The summed E-state index contributed by atoms with van der Waals surface area (Å²) in [4.78, 5) is 36.7. The minimum Gasteiger partial charge on any atom is -0.496 e. The molecule has 12 heteroatoms. The predicted octanol–water partition coefficient (Wildman–Crippen LogP) is 2.42. The number of aliphatic hydroxyl groups excluding tert-OH is 1. The molecule has 1 aromatic heterocycles. The van der Waals surface area contributed by atoms with Crippen LogP contribution >= 0.6 is 0 Å². The van der Waals surface area contributed by atoms with Gasteiger partial charge in [-0.25, -0.2) is 4.98 Å². The summed E-state index contributed by atoms with van der Waals surface area (Å²) in [6, 6.07) is 6.82. The second-order valence-corrected chi connectivity index (χ2v) is 8.21. The van der Waals surface area contributed by atoms with Crippen LogP contribution in [0, 0.1) is 0 Å². The van der Waals surface area contributed by atoms with Gasteiger partial charge in [0, 0.05) is 43.4 Å². The zero-order chi connectivity index (χ0) is 25.9. The standard InChI is InChI=1S/C24H25F3N4O5/c1-35-20-13-19-18(12-16(20)14-32)21(33)29-23(28-19)31(7-6-30-8-10-36-11-9-30)22(34)15-2-4-17(5-3-15)24(25,26)27/h2-5,12-13,32H,6-11,14H2,1H3,(H,28,29,33). The molecule has 0 spiro atoms. The molecule has 1 aliphatic rings. The van der Waals surface area contributed by atoms with Crippen LogP contribution < -0.4 is 15.2 Å². The van der Waals surface area contributed by atoms with Crippen molar-refractivity contribution < 1.29 is 32.5 Å². The van der Waals surface area contributed by atoms with Gasteiger partial charge in [0.25, 0.3) is 11.5 Å². The summed E-state index contributed by atoms with van der Waals surface area (Å²) in [6.07, 6.45) is -4.53. The fourth-order valence-electron chi connectivity index (χ4n) is 3.97. The molecule has 9 nitrogen and oxygen atoms in total. The lowest BCUT2D eigenvalue weighted by molar-refractivity contribution is -0.137. The molecule has 2 N–H and O–H groups in total. The number of hydrogen-bond acceptors (Lipinski definition) is 7. The number of carbonyl (C=O) groups excluding carboxylic acids is 1. The summed E-state index contributed by atoms with van der Waals surface area (Å²) < 4.78 is 49.6. The monoisotopic (exact) mass is 506 g/mol. The van der Waals surface area contributed by atoms with E-state index in [1.165, 1.54) is 24.1 Å². The molecule has 4 rings (SSSR count). The number of carbonyl (C=O) groups is 1. The number of aromatic nitrogens is 2. The van der Waals surface area contributed by atoms with E-state index in [0.717, 1.165) is 24.3 Å². The Balaban J connectivity index is 1.73. The quantitative estimate of drug-likeness (QED) is 0.507. The van der Waals surface area contributed by atoms with Gasteiger partial charge < -0.3 is 14.6 Å². The minimum absolute atomic E-state index is 0.0148. The van der Waals surface area contributed by atoms with Crippen LogP contribution in [0.2, 0.25) is 0 Å². The molecule has 0 aliphatic carbocycles. The molecular weight excluding hydrogens is 481 g/mol. The van der Waals surface area contributed by atoms with Crippen LogP contribution in [0.3, 0.4) is 0 Å². The lowest BCUT2D eigenvalue weighted by atomic mass is 10.1. The molecule has 36 heavy (non-hydrogen) atoms. The van der Waals surface area contributed by atoms with Crippen LogP contribution in [0.1, 0.15) is 21.5 Å². The molecule has 1 aliphatic heterocycles. The van der Waals surface area contributed by atoms with Gasteiger partial charge in [0.2, 0.25) is 5.95 Å². The Hall–Kier alpha value is -3.48. The van der Waals surface area contributed by atoms with E-state index in [2.05, 4.69) is 14.9 Å². The van der Waals surface area contributed by atoms with Gasteiger partial charge in [-0.05, 0) is 30.3 Å². The van der Waals surface area contributed by atoms with Gasteiger partial charge in [-0.3, -0.25) is 24.4 Å². The smallest absolute Gasteiger partial charge is 0.416 e. The summed E-state index contributed by atoms with van der Waals surface area (Å²) >= 11 is 0. The first-order valence-electron chi connectivity index (χ1n) is 11.2. The van der Waals surface area contributed by atoms with E-state index in [-0.39, 0.29) is 35.6 Å². The molecular formula is C24H25F3N4O5.